The van der Waals surface area contributed by atoms with Crippen molar-refractivity contribution >= 4 is 17.3 Å². The molecule has 3 N–H and O–H groups in total. The van der Waals surface area contributed by atoms with Gasteiger partial charge in [0.15, 0.2) is 5.82 Å². The molecule has 3 saturated heterocycles. The first-order valence-electron chi connectivity index (χ1n) is 13.9. The molecule has 0 amide bonds. The number of aromatic hydroxyl groups is 1. The van der Waals surface area contributed by atoms with Crippen molar-refractivity contribution in [1.29, 1.82) is 0 Å². The third kappa shape index (κ3) is 5.52. The Morgan fingerprint density at radius 1 is 1.00 bits per heavy atom. The van der Waals surface area contributed by atoms with Crippen LogP contribution < -0.4 is 15.5 Å². The zero-order valence-corrected chi connectivity index (χ0v) is 22.9. The maximum absolute atomic E-state index is 14.1. The number of aromatic nitrogens is 4. The number of nitrogens with two attached hydrogens (primary N) is 1. The Bertz CT molecular complexity index is 1440. The summed E-state index contributed by atoms with van der Waals surface area (Å²) in [6, 6.07) is 11.0. The van der Waals surface area contributed by atoms with E-state index in [0.29, 0.717) is 42.4 Å². The van der Waals surface area contributed by atoms with Gasteiger partial charge in [0.05, 0.1) is 17.9 Å². The van der Waals surface area contributed by atoms with E-state index in [4.69, 9.17) is 10.7 Å². The number of halogens is 1. The lowest BCUT2D eigenvalue weighted by molar-refractivity contribution is 0.194. The van der Waals surface area contributed by atoms with Crippen molar-refractivity contribution in [1.82, 2.24) is 25.1 Å². The summed E-state index contributed by atoms with van der Waals surface area (Å²) >= 11 is 0. The minimum Gasteiger partial charge on any atom is -0.507 e. The van der Waals surface area contributed by atoms with Crippen LogP contribution in [0.1, 0.15) is 38.4 Å². The molecule has 0 aliphatic carbocycles. The third-order valence-electron chi connectivity index (χ3n) is 8.55. The molecule has 2 aromatic heterocycles. The van der Waals surface area contributed by atoms with E-state index in [1.165, 1.54) is 0 Å². The Kier molecular flexibility index (Phi) is 6.92. The number of likely N-dealkylation sites (tertiary alicyclic amines) is 1. The van der Waals surface area contributed by atoms with Gasteiger partial charge in [-0.15, -0.1) is 10.2 Å². The molecule has 10 heteroatoms. The normalized spacial score (nSPS) is 22.4. The van der Waals surface area contributed by atoms with Crippen LogP contribution in [0, 0.1) is 17.3 Å². The van der Waals surface area contributed by atoms with E-state index in [1.807, 2.05) is 29.2 Å². The van der Waals surface area contributed by atoms with E-state index in [0.717, 1.165) is 63.5 Å². The Morgan fingerprint density at radius 3 is 2.52 bits per heavy atom. The van der Waals surface area contributed by atoms with E-state index in [2.05, 4.69) is 36.8 Å². The number of phenols is 1. The zero-order chi connectivity index (χ0) is 27.7. The van der Waals surface area contributed by atoms with Crippen LogP contribution in [0.3, 0.4) is 0 Å². The molecule has 208 valence electrons. The molecular weight excluding hydrogens is 507 g/mol. The molecule has 0 bridgehead atoms. The molecule has 6 rings (SSSR count). The van der Waals surface area contributed by atoms with Gasteiger partial charge >= 0.3 is 0 Å². The van der Waals surface area contributed by atoms with Gasteiger partial charge in [-0.3, -0.25) is 4.90 Å². The second kappa shape index (κ2) is 10.5. The molecule has 1 atom stereocenters. The van der Waals surface area contributed by atoms with E-state index in [9.17, 15) is 9.50 Å². The lowest BCUT2D eigenvalue weighted by Crippen LogP contribution is -2.42. The predicted molar refractivity (Wildman–Crippen MR) is 154 cm³/mol. The van der Waals surface area contributed by atoms with Crippen LogP contribution >= 0.6 is 0 Å². The van der Waals surface area contributed by atoms with Crippen LogP contribution in [0.5, 0.6) is 5.75 Å². The number of nitrogens with zero attached hydrogens (tertiary/aromatic N) is 7. The molecule has 3 aromatic rings. The number of hydrogen-bond acceptors (Lipinski definition) is 9. The number of alkyl halides is 1. The summed E-state index contributed by atoms with van der Waals surface area (Å²) in [5.41, 5.74) is 7.49. The molecule has 5 heterocycles. The summed E-state index contributed by atoms with van der Waals surface area (Å²) in [6.45, 7) is 6.98. The number of para-hydroxylation sites is 1. The van der Waals surface area contributed by atoms with Gasteiger partial charge in [0, 0.05) is 51.0 Å². The van der Waals surface area contributed by atoms with Crippen molar-refractivity contribution in [2.24, 2.45) is 5.41 Å². The van der Waals surface area contributed by atoms with Crippen LogP contribution in [0.4, 0.5) is 21.7 Å². The zero-order valence-electron chi connectivity index (χ0n) is 22.9. The largest absolute Gasteiger partial charge is 0.507 e. The number of piperidine rings is 1. The Morgan fingerprint density at radius 2 is 1.77 bits per heavy atom. The van der Waals surface area contributed by atoms with Gasteiger partial charge in [0.1, 0.15) is 17.2 Å². The fraction of sp³-hybridized carbons (Fsp3) is 0.467. The Hall–Kier alpha value is -3.97. The van der Waals surface area contributed by atoms with Gasteiger partial charge in [0.25, 0.3) is 0 Å². The fourth-order valence-electron chi connectivity index (χ4n) is 6.19. The van der Waals surface area contributed by atoms with Crippen molar-refractivity contribution in [3.05, 3.63) is 48.4 Å². The van der Waals surface area contributed by atoms with Crippen LogP contribution in [-0.2, 0) is 0 Å². The molecule has 3 aliphatic heterocycles. The first-order valence-corrected chi connectivity index (χ1v) is 13.9. The summed E-state index contributed by atoms with van der Waals surface area (Å²) < 4.78 is 14.1. The van der Waals surface area contributed by atoms with Crippen molar-refractivity contribution < 1.29 is 9.50 Å². The number of anilines is 3. The number of hydrogen-bond donors (Lipinski definition) is 2. The molecule has 1 aromatic carbocycles. The van der Waals surface area contributed by atoms with Crippen molar-refractivity contribution in [3.63, 3.8) is 0 Å². The standard InChI is InChI=1S/C30H35FN8O/c1-29(31)9-15-37(20-29)14-4-7-26-33-13-8-27(34-26)38-16-10-30(11-17-38)12-18-39(21-30)24-19-23(35-36-28(24)32)22-5-2-3-6-25(22)40/h2-3,5-6,8,13,19,40H,9-12,14-18,20-21H2,1H3,(H2,32,36)/t29-/m0/s1. The van der Waals surface area contributed by atoms with Gasteiger partial charge in [0.2, 0.25) is 5.82 Å². The second-order valence-corrected chi connectivity index (χ2v) is 11.6. The molecule has 9 nitrogen and oxygen atoms in total. The van der Waals surface area contributed by atoms with E-state index in [1.54, 1.807) is 25.3 Å². The smallest absolute Gasteiger partial charge is 0.206 e. The molecule has 40 heavy (non-hydrogen) atoms. The maximum atomic E-state index is 14.1. The van der Waals surface area contributed by atoms with Gasteiger partial charge in [-0.25, -0.2) is 14.4 Å². The van der Waals surface area contributed by atoms with Crippen LogP contribution in [0.25, 0.3) is 11.3 Å². The highest BCUT2D eigenvalue weighted by atomic mass is 19.1. The predicted octanol–water partition coefficient (Wildman–Crippen LogP) is 3.50. The SMILES string of the molecule is C[C@]1(F)CCN(CC#Cc2nccc(N3CCC4(CC3)CCN(c3cc(-c5ccccc5O)nnc3N)C4)n2)C1. The Labute approximate surface area is 234 Å². The molecule has 0 radical (unpaired) electrons. The monoisotopic (exact) mass is 542 g/mol. The van der Waals surface area contributed by atoms with E-state index < -0.39 is 5.67 Å². The lowest BCUT2D eigenvalue weighted by atomic mass is 9.78. The highest BCUT2D eigenvalue weighted by molar-refractivity contribution is 5.74. The Balaban J connectivity index is 1.08. The number of phenolic OH excluding ortho intramolecular Hbond substituents is 1. The van der Waals surface area contributed by atoms with Gasteiger partial charge < -0.3 is 20.6 Å². The molecule has 0 saturated carbocycles. The van der Waals surface area contributed by atoms with Crippen LogP contribution in [0.2, 0.25) is 0 Å². The molecule has 3 fully saturated rings. The summed E-state index contributed by atoms with van der Waals surface area (Å²) in [5.74, 6) is 8.18. The molecule has 3 aliphatic rings. The first kappa shape index (κ1) is 26.3. The minimum atomic E-state index is -1.11. The van der Waals surface area contributed by atoms with E-state index in [-0.39, 0.29) is 11.2 Å². The molecular formula is C30H35FN8O. The van der Waals surface area contributed by atoms with Crippen molar-refractivity contribution in [2.75, 3.05) is 61.3 Å². The van der Waals surface area contributed by atoms with Crippen LogP contribution in [-0.4, -0.2) is 81.7 Å². The lowest BCUT2D eigenvalue weighted by Gasteiger charge is -2.40. The van der Waals surface area contributed by atoms with Crippen molar-refractivity contribution in [3.8, 4) is 28.8 Å². The van der Waals surface area contributed by atoms with Gasteiger partial charge in [-0.2, -0.15) is 0 Å². The first-order chi connectivity index (χ1) is 19.3. The van der Waals surface area contributed by atoms with Crippen LogP contribution in [0.15, 0.2) is 42.6 Å². The highest BCUT2D eigenvalue weighted by Crippen LogP contribution is 2.44. The van der Waals surface area contributed by atoms with Crippen molar-refractivity contribution in [2.45, 2.75) is 38.3 Å². The fourth-order valence-corrected chi connectivity index (χ4v) is 6.19. The minimum absolute atomic E-state index is 0.174. The maximum Gasteiger partial charge on any atom is 0.206 e. The summed E-state index contributed by atoms with van der Waals surface area (Å²) in [7, 11) is 0. The van der Waals surface area contributed by atoms with Gasteiger partial charge in [-0.1, -0.05) is 18.1 Å². The highest BCUT2D eigenvalue weighted by Gasteiger charge is 2.41. The average Bonchev–Trinajstić information content (AvgIpc) is 3.52. The number of benzene rings is 1. The molecule has 1 spiro atoms. The summed E-state index contributed by atoms with van der Waals surface area (Å²) in [5, 5.41) is 18.7. The number of rotatable bonds is 4. The summed E-state index contributed by atoms with van der Waals surface area (Å²) in [6.07, 6.45) is 5.51. The summed E-state index contributed by atoms with van der Waals surface area (Å²) in [4.78, 5) is 15.7. The number of nitrogen functional groups attached to an aromatic ring is 1. The quantitative estimate of drug-likeness (QED) is 0.479. The second-order valence-electron chi connectivity index (χ2n) is 11.6. The average molecular weight is 543 g/mol. The topological polar surface area (TPSA) is 108 Å². The third-order valence-corrected chi connectivity index (χ3v) is 8.55. The molecule has 0 unspecified atom stereocenters. The van der Waals surface area contributed by atoms with E-state index >= 15 is 0 Å². The van der Waals surface area contributed by atoms with Gasteiger partial charge in [-0.05, 0) is 68.2 Å².